The Hall–Kier alpha value is -4.53. The van der Waals surface area contributed by atoms with E-state index >= 15 is 0 Å². The molecule has 34 heavy (non-hydrogen) atoms. The van der Waals surface area contributed by atoms with Crippen molar-refractivity contribution in [1.82, 2.24) is 34.7 Å². The van der Waals surface area contributed by atoms with E-state index in [1.165, 1.54) is 6.20 Å². The Bertz CT molecular complexity index is 1700. The van der Waals surface area contributed by atoms with E-state index in [4.69, 9.17) is 4.98 Å². The molecule has 0 bridgehead atoms. The van der Waals surface area contributed by atoms with Crippen LogP contribution in [0.2, 0.25) is 0 Å². The molecule has 0 aliphatic heterocycles. The zero-order chi connectivity index (χ0) is 23.4. The lowest BCUT2D eigenvalue weighted by atomic mass is 10.0. The number of nitrogens with one attached hydrogen (secondary N) is 1. The maximum absolute atomic E-state index is 15.0. The van der Waals surface area contributed by atoms with Gasteiger partial charge in [-0.15, -0.1) is 0 Å². The maximum atomic E-state index is 15.0. The number of hydrogen-bond acceptors (Lipinski definition) is 5. The topological polar surface area (TPSA) is 85.2 Å². The first-order valence-corrected chi connectivity index (χ1v) is 10.6. The van der Waals surface area contributed by atoms with Crippen LogP contribution in [0.25, 0.3) is 50.1 Å². The Morgan fingerprint density at radius 2 is 1.62 bits per heavy atom. The second-order valence-corrected chi connectivity index (χ2v) is 7.95. The summed E-state index contributed by atoms with van der Waals surface area (Å²) in [4.78, 5) is 17.5. The molecule has 166 valence electrons. The van der Waals surface area contributed by atoms with Gasteiger partial charge in [0.05, 0.1) is 16.6 Å². The first-order chi connectivity index (χ1) is 16.5. The molecule has 6 aromatic rings. The number of nitrogens with zero attached hydrogens (tertiary/aromatic N) is 6. The summed E-state index contributed by atoms with van der Waals surface area (Å²) in [6.45, 7) is 3.65. The number of fused-ring (bicyclic) bond motifs is 2. The fraction of sp³-hybridized carbons (Fsp3) is 0.0800. The smallest absolute Gasteiger partial charge is 0.183 e. The second-order valence-electron chi connectivity index (χ2n) is 7.95. The van der Waals surface area contributed by atoms with Crippen LogP contribution in [0.4, 0.5) is 8.78 Å². The van der Waals surface area contributed by atoms with Gasteiger partial charge in [-0.25, -0.2) is 18.7 Å². The van der Waals surface area contributed by atoms with Crippen molar-refractivity contribution in [2.45, 2.75) is 13.8 Å². The second kappa shape index (κ2) is 7.51. The normalized spacial score (nSPS) is 11.5. The van der Waals surface area contributed by atoms with E-state index in [0.29, 0.717) is 34.2 Å². The molecule has 0 aliphatic rings. The van der Waals surface area contributed by atoms with Gasteiger partial charge >= 0.3 is 0 Å². The quantitative estimate of drug-likeness (QED) is 0.392. The molecule has 0 unspecified atom stereocenters. The van der Waals surface area contributed by atoms with Crippen molar-refractivity contribution in [1.29, 1.82) is 0 Å². The van der Waals surface area contributed by atoms with Crippen molar-refractivity contribution >= 4 is 21.9 Å². The molecule has 9 heteroatoms. The largest absolute Gasteiger partial charge is 0.296 e. The third kappa shape index (κ3) is 3.05. The third-order valence-electron chi connectivity index (χ3n) is 5.79. The molecule has 0 spiro atoms. The first kappa shape index (κ1) is 20.1. The summed E-state index contributed by atoms with van der Waals surface area (Å²) in [5, 5.41) is 7.31. The number of benzene rings is 2. The van der Waals surface area contributed by atoms with Crippen LogP contribution in [0.5, 0.6) is 0 Å². The number of aryl methyl sites for hydroxylation is 2. The van der Waals surface area contributed by atoms with E-state index < -0.39 is 11.6 Å². The Labute approximate surface area is 192 Å². The third-order valence-corrected chi connectivity index (χ3v) is 5.79. The number of aromatic nitrogens is 7. The highest BCUT2D eigenvalue weighted by molar-refractivity contribution is 5.98. The molecule has 0 fully saturated rings. The average Bonchev–Trinajstić information content (AvgIpc) is 3.43. The van der Waals surface area contributed by atoms with Crippen molar-refractivity contribution in [3.63, 3.8) is 0 Å². The zero-order valence-electron chi connectivity index (χ0n) is 18.2. The number of hydrogen-bond donors (Lipinski definition) is 1. The number of imidazole rings is 1. The van der Waals surface area contributed by atoms with Gasteiger partial charge in [0.1, 0.15) is 34.3 Å². The lowest BCUT2D eigenvalue weighted by Crippen LogP contribution is -2.01. The number of aromatic amines is 1. The number of rotatable bonds is 3. The monoisotopic (exact) mass is 453 g/mol. The molecule has 0 amide bonds. The fourth-order valence-corrected chi connectivity index (χ4v) is 4.31. The van der Waals surface area contributed by atoms with Gasteiger partial charge in [0.2, 0.25) is 0 Å². The van der Waals surface area contributed by atoms with Gasteiger partial charge in [0, 0.05) is 24.2 Å². The van der Waals surface area contributed by atoms with Crippen molar-refractivity contribution in [3.8, 4) is 28.2 Å². The van der Waals surface area contributed by atoms with Crippen LogP contribution in [-0.2, 0) is 0 Å². The molecule has 6 rings (SSSR count). The van der Waals surface area contributed by atoms with E-state index in [0.717, 1.165) is 28.8 Å². The van der Waals surface area contributed by atoms with Gasteiger partial charge in [-0.05, 0) is 67.4 Å². The van der Waals surface area contributed by atoms with Crippen LogP contribution in [0, 0.1) is 25.5 Å². The van der Waals surface area contributed by atoms with E-state index in [9.17, 15) is 8.78 Å². The minimum atomic E-state index is -0.588. The summed E-state index contributed by atoms with van der Waals surface area (Å²) in [5.41, 5.74) is 4.32. The number of pyridine rings is 2. The summed E-state index contributed by atoms with van der Waals surface area (Å²) in [5.74, 6) is 0.628. The molecule has 0 atom stereocenters. The predicted molar refractivity (Wildman–Crippen MR) is 124 cm³/mol. The minimum absolute atomic E-state index is 0.0335. The highest BCUT2D eigenvalue weighted by atomic mass is 19.1. The molecule has 7 nitrogen and oxygen atoms in total. The summed E-state index contributed by atoms with van der Waals surface area (Å²) < 4.78 is 31.3. The first-order valence-electron chi connectivity index (χ1n) is 10.6. The summed E-state index contributed by atoms with van der Waals surface area (Å²) >= 11 is 0. The van der Waals surface area contributed by atoms with Crippen LogP contribution in [0.15, 0.2) is 61.1 Å². The average molecular weight is 453 g/mol. The van der Waals surface area contributed by atoms with E-state index in [2.05, 4.69) is 25.1 Å². The van der Waals surface area contributed by atoms with E-state index in [1.807, 2.05) is 42.7 Å². The molecule has 0 radical (unpaired) electrons. The summed E-state index contributed by atoms with van der Waals surface area (Å²) in [6.07, 6.45) is 4.90. The van der Waals surface area contributed by atoms with Crippen LogP contribution in [0.3, 0.4) is 0 Å². The van der Waals surface area contributed by atoms with Gasteiger partial charge in [-0.2, -0.15) is 5.10 Å². The Balaban J connectivity index is 1.73. The van der Waals surface area contributed by atoms with Crippen LogP contribution < -0.4 is 0 Å². The van der Waals surface area contributed by atoms with Crippen LogP contribution in [-0.4, -0.2) is 34.7 Å². The molecule has 4 heterocycles. The number of H-pyrrole nitrogens is 1. The molecule has 0 aliphatic carbocycles. The fourth-order valence-electron chi connectivity index (χ4n) is 4.31. The van der Waals surface area contributed by atoms with Gasteiger partial charge < -0.3 is 0 Å². The van der Waals surface area contributed by atoms with Gasteiger partial charge in [0.25, 0.3) is 0 Å². The van der Waals surface area contributed by atoms with Gasteiger partial charge in [-0.3, -0.25) is 19.6 Å². The highest BCUT2D eigenvalue weighted by Gasteiger charge is 2.21. The van der Waals surface area contributed by atoms with Gasteiger partial charge in [0.15, 0.2) is 5.82 Å². The standard InChI is InChI=1S/C25H17F2N7/c1-13-30-25(33-32-13)17-11-16(15-5-8-28-9-6-15)12-21-23(17)31-14(2)34(21)20-7-10-29-24-19(27)4-3-18(26)22(20)24/h3-12H,1-2H3,(H,30,32,33). The molecule has 4 aromatic heterocycles. The molecular weight excluding hydrogens is 436 g/mol. The van der Waals surface area contributed by atoms with Crippen molar-refractivity contribution < 1.29 is 8.78 Å². The summed E-state index contributed by atoms with van der Waals surface area (Å²) in [6, 6.07) is 11.6. The van der Waals surface area contributed by atoms with Gasteiger partial charge in [-0.1, -0.05) is 0 Å². The summed E-state index contributed by atoms with van der Waals surface area (Å²) in [7, 11) is 0. The van der Waals surface area contributed by atoms with E-state index in [-0.39, 0.29) is 10.9 Å². The lowest BCUT2D eigenvalue weighted by Gasteiger charge is -2.13. The van der Waals surface area contributed by atoms with Crippen molar-refractivity contribution in [3.05, 3.63) is 84.3 Å². The van der Waals surface area contributed by atoms with E-state index in [1.54, 1.807) is 18.5 Å². The molecule has 0 saturated heterocycles. The molecule has 2 aromatic carbocycles. The van der Waals surface area contributed by atoms with Crippen LogP contribution >= 0.6 is 0 Å². The Morgan fingerprint density at radius 3 is 2.38 bits per heavy atom. The SMILES string of the molecule is Cc1nc(-c2cc(-c3ccncc3)cc3c2nc(C)n3-c2ccnc3c(F)ccc(F)c23)n[nH]1. The van der Waals surface area contributed by atoms with Crippen molar-refractivity contribution in [2.75, 3.05) is 0 Å². The molecule has 0 saturated carbocycles. The molecular formula is C25H17F2N7. The maximum Gasteiger partial charge on any atom is 0.183 e. The van der Waals surface area contributed by atoms with Crippen molar-refractivity contribution in [2.24, 2.45) is 0 Å². The predicted octanol–water partition coefficient (Wildman–Crippen LogP) is 5.32. The Kier molecular flexibility index (Phi) is 4.44. The van der Waals surface area contributed by atoms with Crippen LogP contribution in [0.1, 0.15) is 11.6 Å². The Morgan fingerprint density at radius 1 is 0.824 bits per heavy atom. The molecule has 1 N–H and O–H groups in total. The minimum Gasteiger partial charge on any atom is -0.296 e. The highest BCUT2D eigenvalue weighted by Crippen LogP contribution is 2.36. The lowest BCUT2D eigenvalue weighted by molar-refractivity contribution is 0.615. The number of halogens is 2. The zero-order valence-corrected chi connectivity index (χ0v) is 18.2.